The Morgan fingerprint density at radius 3 is 2.21 bits per heavy atom. The van der Waals surface area contributed by atoms with Crippen LogP contribution in [0.3, 0.4) is 0 Å². The Bertz CT molecular complexity index is 1040. The molecule has 7 nitrogen and oxygen atoms in total. The van der Waals surface area contributed by atoms with Crippen LogP contribution in [0.5, 0.6) is 0 Å². The first-order valence-electron chi connectivity index (χ1n) is 10.9. The van der Waals surface area contributed by atoms with Crippen molar-refractivity contribution in [2.75, 3.05) is 6.61 Å². The minimum Gasteiger partial charge on any atom is -0.480 e. The second-order valence-corrected chi connectivity index (χ2v) is 8.31. The standard InChI is InChI=1S/C26H28N2O5/c1-4-10-22(23(29)30)27-24(31)26(3,15-5-2)28-25(32)33-16-21-19-13-8-6-11-17(19)18-12-7-9-14-20(18)21/h1,6-9,11-14,21-22H,5,10,15-16H2,2-3H3,(H,27,31)(H,28,32)(H,29,30). The summed E-state index contributed by atoms with van der Waals surface area (Å²) in [4.78, 5) is 36.9. The number of hydrogen-bond acceptors (Lipinski definition) is 4. The van der Waals surface area contributed by atoms with Crippen LogP contribution in [-0.2, 0) is 14.3 Å². The van der Waals surface area contributed by atoms with E-state index in [9.17, 15) is 19.5 Å². The fourth-order valence-electron chi connectivity index (χ4n) is 4.23. The summed E-state index contributed by atoms with van der Waals surface area (Å²) >= 11 is 0. The molecule has 2 unspecified atom stereocenters. The van der Waals surface area contributed by atoms with Gasteiger partial charge >= 0.3 is 12.1 Å². The zero-order valence-electron chi connectivity index (χ0n) is 18.8. The lowest BCUT2D eigenvalue weighted by atomic mass is 9.94. The summed E-state index contributed by atoms with van der Waals surface area (Å²) in [5, 5.41) is 14.3. The van der Waals surface area contributed by atoms with Crippen LogP contribution < -0.4 is 10.6 Å². The highest BCUT2D eigenvalue weighted by molar-refractivity contribution is 5.92. The number of terminal acetylenes is 1. The van der Waals surface area contributed by atoms with Gasteiger partial charge in [-0.15, -0.1) is 12.3 Å². The number of benzene rings is 2. The highest BCUT2D eigenvalue weighted by atomic mass is 16.5. The van der Waals surface area contributed by atoms with Gasteiger partial charge in [0, 0.05) is 12.3 Å². The molecule has 0 radical (unpaired) electrons. The van der Waals surface area contributed by atoms with Crippen molar-refractivity contribution < 1.29 is 24.2 Å². The van der Waals surface area contributed by atoms with E-state index in [1.54, 1.807) is 6.92 Å². The van der Waals surface area contributed by atoms with Crippen molar-refractivity contribution in [2.24, 2.45) is 0 Å². The summed E-state index contributed by atoms with van der Waals surface area (Å²) in [6, 6.07) is 14.8. The van der Waals surface area contributed by atoms with Crippen LogP contribution in [0.1, 0.15) is 50.2 Å². The minimum absolute atomic E-state index is 0.110. The number of hydrogen-bond donors (Lipinski definition) is 3. The zero-order valence-corrected chi connectivity index (χ0v) is 18.8. The van der Waals surface area contributed by atoms with Gasteiger partial charge in [0.25, 0.3) is 0 Å². The normalized spacial score (nSPS) is 14.7. The molecule has 3 rings (SSSR count). The Balaban J connectivity index is 1.70. The van der Waals surface area contributed by atoms with Gasteiger partial charge < -0.3 is 20.5 Å². The predicted molar refractivity (Wildman–Crippen MR) is 125 cm³/mol. The van der Waals surface area contributed by atoms with E-state index in [0.717, 1.165) is 22.3 Å². The molecule has 2 atom stereocenters. The molecule has 7 heteroatoms. The van der Waals surface area contributed by atoms with Crippen LogP contribution in [0.25, 0.3) is 11.1 Å². The van der Waals surface area contributed by atoms with E-state index < -0.39 is 29.6 Å². The molecule has 0 bridgehead atoms. The molecule has 2 aromatic carbocycles. The van der Waals surface area contributed by atoms with Crippen LogP contribution in [-0.4, -0.2) is 41.3 Å². The highest BCUT2D eigenvalue weighted by Gasteiger charge is 2.37. The highest BCUT2D eigenvalue weighted by Crippen LogP contribution is 2.44. The molecule has 172 valence electrons. The van der Waals surface area contributed by atoms with Crippen molar-refractivity contribution in [3.63, 3.8) is 0 Å². The first-order chi connectivity index (χ1) is 15.8. The van der Waals surface area contributed by atoms with Crippen molar-refractivity contribution in [3.8, 4) is 23.5 Å². The van der Waals surface area contributed by atoms with Gasteiger partial charge in [0.1, 0.15) is 18.2 Å². The molecular formula is C26H28N2O5. The topological polar surface area (TPSA) is 105 Å². The first kappa shape index (κ1) is 23.9. The van der Waals surface area contributed by atoms with E-state index in [1.165, 1.54) is 0 Å². The second-order valence-electron chi connectivity index (χ2n) is 8.31. The lowest BCUT2D eigenvalue weighted by molar-refractivity contribution is -0.142. The summed E-state index contributed by atoms with van der Waals surface area (Å²) in [5.74, 6) is 0.270. The molecule has 33 heavy (non-hydrogen) atoms. The molecule has 0 aliphatic heterocycles. The smallest absolute Gasteiger partial charge is 0.408 e. The Morgan fingerprint density at radius 2 is 1.70 bits per heavy atom. The van der Waals surface area contributed by atoms with Gasteiger partial charge in [-0.2, -0.15) is 0 Å². The Kier molecular flexibility index (Phi) is 7.39. The van der Waals surface area contributed by atoms with Gasteiger partial charge in [0.15, 0.2) is 0 Å². The Hall–Kier alpha value is -3.79. The largest absolute Gasteiger partial charge is 0.480 e. The molecule has 1 aliphatic rings. The molecule has 2 aromatic rings. The van der Waals surface area contributed by atoms with Crippen LogP contribution in [0.15, 0.2) is 48.5 Å². The van der Waals surface area contributed by atoms with Crippen LogP contribution in [0.2, 0.25) is 0 Å². The van der Waals surface area contributed by atoms with E-state index in [2.05, 4.69) is 16.6 Å². The van der Waals surface area contributed by atoms with Crippen LogP contribution in [0.4, 0.5) is 4.79 Å². The van der Waals surface area contributed by atoms with Crippen molar-refractivity contribution in [2.45, 2.75) is 50.6 Å². The minimum atomic E-state index is -1.35. The number of rotatable bonds is 9. The van der Waals surface area contributed by atoms with Gasteiger partial charge in [-0.3, -0.25) is 4.79 Å². The van der Waals surface area contributed by atoms with E-state index in [0.29, 0.717) is 12.8 Å². The quantitative estimate of drug-likeness (QED) is 0.508. The van der Waals surface area contributed by atoms with Crippen molar-refractivity contribution in [3.05, 3.63) is 59.7 Å². The van der Waals surface area contributed by atoms with Crippen molar-refractivity contribution >= 4 is 18.0 Å². The first-order valence-corrected chi connectivity index (χ1v) is 10.9. The lowest BCUT2D eigenvalue weighted by Gasteiger charge is -2.30. The third kappa shape index (κ3) is 5.17. The molecule has 0 saturated carbocycles. The number of carbonyl (C=O) groups excluding carboxylic acids is 2. The van der Waals surface area contributed by atoms with E-state index in [-0.39, 0.29) is 18.9 Å². The Morgan fingerprint density at radius 1 is 1.12 bits per heavy atom. The summed E-state index contributed by atoms with van der Waals surface area (Å²) < 4.78 is 5.55. The van der Waals surface area contributed by atoms with Gasteiger partial charge in [-0.1, -0.05) is 61.9 Å². The molecule has 2 amide bonds. The fraction of sp³-hybridized carbons (Fsp3) is 0.346. The van der Waals surface area contributed by atoms with Gasteiger partial charge in [0.2, 0.25) is 5.91 Å². The monoisotopic (exact) mass is 448 g/mol. The number of carbonyl (C=O) groups is 3. The number of fused-ring (bicyclic) bond motifs is 3. The third-order valence-electron chi connectivity index (χ3n) is 5.90. The van der Waals surface area contributed by atoms with Crippen LogP contribution >= 0.6 is 0 Å². The summed E-state index contributed by atoms with van der Waals surface area (Å²) in [6.45, 7) is 3.52. The SMILES string of the molecule is C#CCC(NC(=O)C(C)(CCC)NC(=O)OCC1c2ccccc2-c2ccccc21)C(=O)O. The van der Waals surface area contributed by atoms with Crippen LogP contribution in [0, 0.1) is 12.3 Å². The molecule has 0 saturated heterocycles. The predicted octanol–water partition coefficient (Wildman–Crippen LogP) is 3.68. The molecule has 3 N–H and O–H groups in total. The number of ether oxygens (including phenoxy) is 1. The van der Waals surface area contributed by atoms with Crippen molar-refractivity contribution in [1.29, 1.82) is 0 Å². The lowest BCUT2D eigenvalue weighted by Crippen LogP contribution is -2.59. The number of nitrogens with one attached hydrogen (secondary N) is 2. The van der Waals surface area contributed by atoms with Gasteiger partial charge in [-0.25, -0.2) is 9.59 Å². The third-order valence-corrected chi connectivity index (χ3v) is 5.90. The van der Waals surface area contributed by atoms with E-state index in [1.807, 2.05) is 55.5 Å². The summed E-state index contributed by atoms with van der Waals surface area (Å²) in [5.41, 5.74) is 3.05. The number of carboxylic acid groups (broad SMARTS) is 1. The maximum atomic E-state index is 12.9. The molecule has 0 heterocycles. The van der Waals surface area contributed by atoms with Gasteiger partial charge in [0.05, 0.1) is 0 Å². The summed E-state index contributed by atoms with van der Waals surface area (Å²) in [7, 11) is 0. The van der Waals surface area contributed by atoms with E-state index >= 15 is 0 Å². The Labute approximate surface area is 193 Å². The second kappa shape index (κ2) is 10.2. The molecule has 1 aliphatic carbocycles. The summed E-state index contributed by atoms with van der Waals surface area (Å²) in [6.07, 6.45) is 5.18. The van der Waals surface area contributed by atoms with E-state index in [4.69, 9.17) is 11.2 Å². The molecule has 0 spiro atoms. The average molecular weight is 449 g/mol. The number of aliphatic carboxylic acids is 1. The molecule has 0 fully saturated rings. The molecular weight excluding hydrogens is 420 g/mol. The average Bonchev–Trinajstić information content (AvgIpc) is 3.11. The maximum Gasteiger partial charge on any atom is 0.408 e. The number of alkyl carbamates (subject to hydrolysis) is 1. The number of carboxylic acids is 1. The van der Waals surface area contributed by atoms with Gasteiger partial charge in [-0.05, 0) is 35.6 Å². The maximum absolute atomic E-state index is 12.9. The molecule has 0 aromatic heterocycles. The fourth-order valence-corrected chi connectivity index (χ4v) is 4.23. The number of amides is 2. The zero-order chi connectivity index (χ0) is 24.0. The van der Waals surface area contributed by atoms with Crippen molar-refractivity contribution in [1.82, 2.24) is 10.6 Å².